The highest BCUT2D eigenvalue weighted by atomic mass is 19.3. The van der Waals surface area contributed by atoms with E-state index in [1.807, 2.05) is 0 Å². The van der Waals surface area contributed by atoms with E-state index in [1.165, 1.54) is 6.07 Å². The van der Waals surface area contributed by atoms with Crippen molar-refractivity contribution in [3.63, 3.8) is 0 Å². The van der Waals surface area contributed by atoms with E-state index in [9.17, 15) is 23.2 Å². The summed E-state index contributed by atoms with van der Waals surface area (Å²) in [4.78, 5) is 46.6. The van der Waals surface area contributed by atoms with Gasteiger partial charge in [0.05, 0.1) is 17.9 Å². The Labute approximate surface area is 179 Å². The third kappa shape index (κ3) is 5.18. The van der Waals surface area contributed by atoms with Gasteiger partial charge in [0.25, 0.3) is 6.43 Å². The van der Waals surface area contributed by atoms with Crippen molar-refractivity contribution < 1.29 is 27.9 Å². The maximum absolute atomic E-state index is 13.1. The fraction of sp³-hybridized carbons (Fsp3) is 0.524. The van der Waals surface area contributed by atoms with E-state index in [4.69, 9.17) is 4.74 Å². The van der Waals surface area contributed by atoms with Crippen LogP contribution in [0, 0.1) is 10.8 Å². The molecule has 0 saturated heterocycles. The fourth-order valence-electron chi connectivity index (χ4n) is 2.58. The lowest BCUT2D eigenvalue weighted by Crippen LogP contribution is -2.29. The van der Waals surface area contributed by atoms with Crippen LogP contribution >= 0.6 is 0 Å². The smallest absolute Gasteiger partial charge is 0.340 e. The lowest BCUT2D eigenvalue weighted by Gasteiger charge is -2.22. The summed E-state index contributed by atoms with van der Waals surface area (Å²) < 4.78 is 32.0. The molecule has 0 saturated carbocycles. The van der Waals surface area contributed by atoms with Crippen molar-refractivity contribution in [2.24, 2.45) is 10.8 Å². The molecule has 0 radical (unpaired) electrons. The van der Waals surface area contributed by atoms with E-state index in [-0.39, 0.29) is 29.2 Å². The molecule has 2 heterocycles. The first kappa shape index (κ1) is 24.2. The monoisotopic (exact) mass is 436 g/mol. The third-order valence-electron chi connectivity index (χ3n) is 4.24. The average Bonchev–Trinajstić information content (AvgIpc) is 3.14. The van der Waals surface area contributed by atoms with Crippen molar-refractivity contribution in [2.45, 2.75) is 54.9 Å². The number of alkyl halides is 2. The molecule has 2 rings (SSSR count). The van der Waals surface area contributed by atoms with Gasteiger partial charge in [-0.3, -0.25) is 9.59 Å². The Kier molecular flexibility index (Phi) is 6.72. The number of pyridine rings is 1. The number of esters is 1. The second kappa shape index (κ2) is 8.60. The van der Waals surface area contributed by atoms with Crippen LogP contribution in [0.2, 0.25) is 0 Å². The summed E-state index contributed by atoms with van der Waals surface area (Å²) in [5.41, 5.74) is -2.46. The van der Waals surface area contributed by atoms with Crippen molar-refractivity contribution in [3.8, 4) is 5.69 Å². The van der Waals surface area contributed by atoms with Gasteiger partial charge in [0.1, 0.15) is 17.7 Å². The maximum Gasteiger partial charge on any atom is 0.340 e. The summed E-state index contributed by atoms with van der Waals surface area (Å²) in [6.45, 7) is 11.5. The molecule has 0 aromatic carbocycles. The van der Waals surface area contributed by atoms with Crippen LogP contribution in [0.25, 0.3) is 5.69 Å². The van der Waals surface area contributed by atoms with Gasteiger partial charge < -0.3 is 4.74 Å². The zero-order chi connectivity index (χ0) is 23.7. The van der Waals surface area contributed by atoms with Gasteiger partial charge in [0, 0.05) is 10.8 Å². The average molecular weight is 436 g/mol. The van der Waals surface area contributed by atoms with Gasteiger partial charge in [-0.2, -0.15) is 0 Å². The highest BCUT2D eigenvalue weighted by molar-refractivity contribution is 6.09. The van der Waals surface area contributed by atoms with Crippen LogP contribution in [0.3, 0.4) is 0 Å². The summed E-state index contributed by atoms with van der Waals surface area (Å²) in [6, 6.07) is 1.22. The number of halogens is 2. The maximum atomic E-state index is 13.1. The van der Waals surface area contributed by atoms with Crippen molar-refractivity contribution >= 4 is 17.5 Å². The Morgan fingerprint density at radius 3 is 2.03 bits per heavy atom. The molecule has 0 aliphatic rings. The van der Waals surface area contributed by atoms with E-state index >= 15 is 0 Å². The van der Waals surface area contributed by atoms with Gasteiger partial charge in [0.15, 0.2) is 11.6 Å². The zero-order valence-corrected chi connectivity index (χ0v) is 18.6. The number of ketones is 2. The largest absolute Gasteiger partial charge is 0.462 e. The van der Waals surface area contributed by atoms with Crippen molar-refractivity contribution in [2.75, 3.05) is 6.61 Å². The van der Waals surface area contributed by atoms with Crippen LogP contribution in [0.5, 0.6) is 0 Å². The predicted octanol–water partition coefficient (Wildman–Crippen LogP) is 4.23. The molecule has 0 amide bonds. The summed E-state index contributed by atoms with van der Waals surface area (Å²) in [7, 11) is 0. The van der Waals surface area contributed by atoms with E-state index in [1.54, 1.807) is 48.5 Å². The lowest BCUT2D eigenvalue weighted by molar-refractivity contribution is 0.0520. The molecular weight excluding hydrogens is 410 g/mol. The Bertz CT molecular complexity index is 1020. The predicted molar refractivity (Wildman–Crippen MR) is 108 cm³/mol. The molecule has 2 aromatic heterocycles. The zero-order valence-electron chi connectivity index (χ0n) is 18.6. The topological polar surface area (TPSA) is 104 Å². The number of rotatable bonds is 6. The first-order valence-electron chi connectivity index (χ1n) is 9.70. The summed E-state index contributed by atoms with van der Waals surface area (Å²) in [6.07, 6.45) is -1.93. The quantitative estimate of drug-likeness (QED) is 0.493. The van der Waals surface area contributed by atoms with E-state index in [0.29, 0.717) is 0 Å². The molecule has 168 valence electrons. The molecule has 0 spiro atoms. The van der Waals surface area contributed by atoms with Gasteiger partial charge in [-0.05, 0) is 13.0 Å². The van der Waals surface area contributed by atoms with E-state index < -0.39 is 40.6 Å². The van der Waals surface area contributed by atoms with Crippen molar-refractivity contribution in [1.82, 2.24) is 19.7 Å². The lowest BCUT2D eigenvalue weighted by atomic mass is 9.85. The highest BCUT2D eigenvalue weighted by Crippen LogP contribution is 2.29. The molecule has 8 nitrogen and oxygen atoms in total. The number of carbonyl (C=O) groups excluding carboxylic acids is 3. The number of carbonyl (C=O) groups is 3. The minimum atomic E-state index is -2.93. The molecule has 0 atom stereocenters. The molecule has 0 aliphatic heterocycles. The second-order valence-corrected chi connectivity index (χ2v) is 8.98. The molecule has 0 N–H and O–H groups in total. The molecule has 0 fully saturated rings. The van der Waals surface area contributed by atoms with Crippen molar-refractivity contribution in [3.05, 3.63) is 35.2 Å². The Hall–Kier alpha value is -3.04. The Balaban J connectivity index is 2.89. The molecular formula is C21H26F2N4O4. The Morgan fingerprint density at radius 1 is 1.03 bits per heavy atom. The van der Waals surface area contributed by atoms with E-state index in [0.717, 1.165) is 11.0 Å². The molecule has 0 aliphatic carbocycles. The summed E-state index contributed by atoms with van der Waals surface area (Å²) in [5.74, 6) is -2.51. The van der Waals surface area contributed by atoms with Crippen LogP contribution in [0.15, 0.2) is 12.4 Å². The van der Waals surface area contributed by atoms with Crippen LogP contribution in [0.4, 0.5) is 8.78 Å². The number of hydrogen-bond acceptors (Lipinski definition) is 7. The van der Waals surface area contributed by atoms with Gasteiger partial charge in [-0.15, -0.1) is 5.10 Å². The van der Waals surface area contributed by atoms with Gasteiger partial charge in [-0.25, -0.2) is 28.2 Å². The van der Waals surface area contributed by atoms with Gasteiger partial charge in [0.2, 0.25) is 5.82 Å². The van der Waals surface area contributed by atoms with Crippen LogP contribution in [-0.2, 0) is 4.74 Å². The molecule has 31 heavy (non-hydrogen) atoms. The van der Waals surface area contributed by atoms with Crippen molar-refractivity contribution in [1.29, 1.82) is 0 Å². The van der Waals surface area contributed by atoms with Crippen LogP contribution in [-0.4, -0.2) is 43.9 Å². The first-order valence-corrected chi connectivity index (χ1v) is 9.70. The van der Waals surface area contributed by atoms with Crippen LogP contribution < -0.4 is 0 Å². The first-order chi connectivity index (χ1) is 14.2. The van der Waals surface area contributed by atoms with E-state index in [2.05, 4.69) is 15.1 Å². The summed E-state index contributed by atoms with van der Waals surface area (Å²) >= 11 is 0. The summed E-state index contributed by atoms with van der Waals surface area (Å²) in [5, 5.41) is 3.70. The number of hydrogen-bond donors (Lipinski definition) is 0. The van der Waals surface area contributed by atoms with Crippen LogP contribution in [0.1, 0.15) is 92.1 Å². The standard InChI is InChI=1S/C21H26F2N4O4/c1-8-31-19(30)11-9-12(27-10-24-18(26-27)17(22)23)14(16(29)21(5,6)7)25-13(11)15(28)20(2,3)4/h9-10,17H,8H2,1-7H3. The molecule has 0 unspecified atom stereocenters. The SMILES string of the molecule is CCOC(=O)c1cc(-n2cnc(C(F)F)n2)c(C(=O)C(C)(C)C)nc1C(=O)C(C)(C)C. The number of ether oxygens (including phenoxy) is 1. The minimum absolute atomic E-state index is 0.0405. The number of aromatic nitrogens is 4. The minimum Gasteiger partial charge on any atom is -0.462 e. The van der Waals surface area contributed by atoms with Gasteiger partial charge in [-0.1, -0.05) is 41.5 Å². The normalized spacial score (nSPS) is 12.2. The molecule has 10 heteroatoms. The second-order valence-electron chi connectivity index (χ2n) is 8.98. The fourth-order valence-corrected chi connectivity index (χ4v) is 2.58. The number of Topliss-reactive ketones (excluding diaryl/α,β-unsaturated/α-hetero) is 2. The molecule has 2 aromatic rings. The molecule has 0 bridgehead atoms. The number of nitrogens with zero attached hydrogens (tertiary/aromatic N) is 4. The third-order valence-corrected chi connectivity index (χ3v) is 4.24. The van der Waals surface area contributed by atoms with Gasteiger partial charge >= 0.3 is 5.97 Å². The highest BCUT2D eigenvalue weighted by Gasteiger charge is 2.35. The Morgan fingerprint density at radius 2 is 1.58 bits per heavy atom.